The van der Waals surface area contributed by atoms with E-state index in [0.717, 1.165) is 42.0 Å². The van der Waals surface area contributed by atoms with Gasteiger partial charge < -0.3 is 10.2 Å². The van der Waals surface area contributed by atoms with Crippen molar-refractivity contribution in [2.75, 3.05) is 26.2 Å². The second kappa shape index (κ2) is 9.18. The molecule has 4 rings (SSSR count). The molecule has 0 radical (unpaired) electrons. The normalized spacial score (nSPS) is 15.6. The van der Waals surface area contributed by atoms with Crippen LogP contribution in [0.15, 0.2) is 48.5 Å². The van der Waals surface area contributed by atoms with Gasteiger partial charge in [-0.2, -0.15) is 0 Å². The van der Waals surface area contributed by atoms with Crippen molar-refractivity contribution >= 4 is 16.9 Å². The Kier molecular flexibility index (Phi) is 6.20. The maximum atomic E-state index is 12.4. The molecule has 29 heavy (non-hydrogen) atoms. The van der Waals surface area contributed by atoms with Crippen molar-refractivity contribution < 1.29 is 4.79 Å². The van der Waals surface area contributed by atoms with Crippen LogP contribution in [0, 0.1) is 5.92 Å². The van der Waals surface area contributed by atoms with Gasteiger partial charge in [0.2, 0.25) is 0 Å². The molecule has 152 valence electrons. The molecule has 0 unspecified atom stereocenters. The molecule has 3 aromatic rings. The number of nitrogens with zero attached hydrogens (tertiary/aromatic N) is 4. The zero-order valence-electron chi connectivity index (χ0n) is 17.1. The summed E-state index contributed by atoms with van der Waals surface area (Å²) in [5.41, 5.74) is 3.69. The minimum absolute atomic E-state index is 0.00461. The molecule has 1 amide bonds. The molecule has 0 spiro atoms. The molecule has 1 saturated heterocycles. The van der Waals surface area contributed by atoms with Gasteiger partial charge in [0.25, 0.3) is 5.91 Å². The standard InChI is InChI=1S/C23H29N5O/c1-18-11-15-27(16-12-18)14-4-13-24-23(29)20-9-7-19(8-10-20)17-28-22-6-3-2-5-21(22)25-26-28/h2-3,5-10,18H,4,11-17H2,1H3,(H,24,29). The van der Waals surface area contributed by atoms with Gasteiger partial charge in [0.1, 0.15) is 5.52 Å². The molecule has 0 bridgehead atoms. The summed E-state index contributed by atoms with van der Waals surface area (Å²) in [5, 5.41) is 11.5. The Bertz CT molecular complexity index is 941. The van der Waals surface area contributed by atoms with E-state index in [9.17, 15) is 4.79 Å². The molecule has 1 aliphatic rings. The average molecular weight is 392 g/mol. The summed E-state index contributed by atoms with van der Waals surface area (Å²) in [4.78, 5) is 14.9. The number of nitrogens with one attached hydrogen (secondary N) is 1. The van der Waals surface area contributed by atoms with Gasteiger partial charge in [0.05, 0.1) is 12.1 Å². The summed E-state index contributed by atoms with van der Waals surface area (Å²) in [5.74, 6) is 0.854. The maximum absolute atomic E-state index is 12.4. The summed E-state index contributed by atoms with van der Waals surface area (Å²) in [7, 11) is 0. The summed E-state index contributed by atoms with van der Waals surface area (Å²) < 4.78 is 1.88. The lowest BCUT2D eigenvalue weighted by molar-refractivity contribution is 0.0950. The number of amides is 1. The molecule has 1 N–H and O–H groups in total. The minimum Gasteiger partial charge on any atom is -0.352 e. The second-order valence-corrected chi connectivity index (χ2v) is 8.07. The molecule has 2 heterocycles. The van der Waals surface area contributed by atoms with Gasteiger partial charge in [-0.05, 0) is 74.6 Å². The smallest absolute Gasteiger partial charge is 0.251 e. The van der Waals surface area contributed by atoms with Crippen LogP contribution in [0.3, 0.4) is 0 Å². The molecule has 1 aromatic heterocycles. The van der Waals surface area contributed by atoms with Crippen LogP contribution in [0.25, 0.3) is 11.0 Å². The summed E-state index contributed by atoms with van der Waals surface area (Å²) >= 11 is 0. The molecule has 0 atom stereocenters. The van der Waals surface area contributed by atoms with E-state index in [1.807, 2.05) is 53.2 Å². The van der Waals surface area contributed by atoms with Crippen molar-refractivity contribution in [2.24, 2.45) is 5.92 Å². The molecule has 0 aliphatic carbocycles. The fraction of sp³-hybridized carbons (Fsp3) is 0.435. The van der Waals surface area contributed by atoms with Gasteiger partial charge in [-0.1, -0.05) is 36.4 Å². The highest BCUT2D eigenvalue weighted by Gasteiger charge is 2.15. The van der Waals surface area contributed by atoms with Gasteiger partial charge in [-0.3, -0.25) is 4.79 Å². The number of fused-ring (bicyclic) bond motifs is 1. The monoisotopic (exact) mass is 391 g/mol. The quantitative estimate of drug-likeness (QED) is 0.628. The van der Waals surface area contributed by atoms with Crippen LogP contribution in [0.2, 0.25) is 0 Å². The predicted octanol–water partition coefficient (Wildman–Crippen LogP) is 3.33. The lowest BCUT2D eigenvalue weighted by atomic mass is 9.99. The first-order valence-electron chi connectivity index (χ1n) is 10.6. The predicted molar refractivity (Wildman–Crippen MR) is 115 cm³/mol. The molecule has 1 fully saturated rings. The number of benzene rings is 2. The van der Waals surface area contributed by atoms with E-state index in [1.165, 1.54) is 25.9 Å². The van der Waals surface area contributed by atoms with Gasteiger partial charge in [0.15, 0.2) is 0 Å². The first-order chi connectivity index (χ1) is 14.2. The van der Waals surface area contributed by atoms with E-state index >= 15 is 0 Å². The van der Waals surface area contributed by atoms with E-state index in [4.69, 9.17) is 0 Å². The zero-order chi connectivity index (χ0) is 20.1. The third-order valence-electron chi connectivity index (χ3n) is 5.78. The maximum Gasteiger partial charge on any atom is 0.251 e. The van der Waals surface area contributed by atoms with E-state index in [2.05, 4.69) is 27.5 Å². The first kappa shape index (κ1) is 19.6. The average Bonchev–Trinajstić information content (AvgIpc) is 3.16. The molecule has 2 aromatic carbocycles. The number of piperidine rings is 1. The van der Waals surface area contributed by atoms with Crippen LogP contribution in [0.1, 0.15) is 42.1 Å². The van der Waals surface area contributed by atoms with Crippen LogP contribution < -0.4 is 5.32 Å². The van der Waals surface area contributed by atoms with E-state index in [0.29, 0.717) is 12.1 Å². The van der Waals surface area contributed by atoms with E-state index < -0.39 is 0 Å². The number of para-hydroxylation sites is 1. The molecular weight excluding hydrogens is 362 g/mol. The molecular formula is C23H29N5O. The largest absolute Gasteiger partial charge is 0.352 e. The van der Waals surface area contributed by atoms with Crippen molar-refractivity contribution in [3.63, 3.8) is 0 Å². The van der Waals surface area contributed by atoms with Crippen molar-refractivity contribution in [2.45, 2.75) is 32.7 Å². The summed E-state index contributed by atoms with van der Waals surface area (Å²) in [6.45, 7) is 7.14. The minimum atomic E-state index is -0.00461. The third kappa shape index (κ3) is 5.01. The Balaban J connectivity index is 1.25. The van der Waals surface area contributed by atoms with Crippen molar-refractivity contribution in [1.82, 2.24) is 25.2 Å². The van der Waals surface area contributed by atoms with Crippen LogP contribution >= 0.6 is 0 Å². The van der Waals surface area contributed by atoms with Crippen LogP contribution in [0.5, 0.6) is 0 Å². The second-order valence-electron chi connectivity index (χ2n) is 8.07. The van der Waals surface area contributed by atoms with E-state index in [1.54, 1.807) is 0 Å². The highest BCUT2D eigenvalue weighted by Crippen LogP contribution is 2.16. The Labute approximate surface area is 171 Å². The van der Waals surface area contributed by atoms with Gasteiger partial charge in [-0.15, -0.1) is 5.10 Å². The van der Waals surface area contributed by atoms with Crippen molar-refractivity contribution in [1.29, 1.82) is 0 Å². The topological polar surface area (TPSA) is 63.1 Å². The fourth-order valence-corrected chi connectivity index (χ4v) is 3.86. The van der Waals surface area contributed by atoms with Gasteiger partial charge in [0, 0.05) is 12.1 Å². The third-order valence-corrected chi connectivity index (χ3v) is 5.78. The number of carbonyl (C=O) groups is 1. The van der Waals surface area contributed by atoms with Crippen molar-refractivity contribution in [3.8, 4) is 0 Å². The van der Waals surface area contributed by atoms with Gasteiger partial charge in [-0.25, -0.2) is 4.68 Å². The Hall–Kier alpha value is -2.73. The molecule has 6 nitrogen and oxygen atoms in total. The number of hydrogen-bond acceptors (Lipinski definition) is 4. The molecule has 1 aliphatic heterocycles. The number of rotatable bonds is 7. The lowest BCUT2D eigenvalue weighted by Crippen LogP contribution is -2.35. The van der Waals surface area contributed by atoms with Gasteiger partial charge >= 0.3 is 0 Å². The number of hydrogen-bond donors (Lipinski definition) is 1. The number of aromatic nitrogens is 3. The summed E-state index contributed by atoms with van der Waals surface area (Å²) in [6.07, 6.45) is 3.59. The fourth-order valence-electron chi connectivity index (χ4n) is 3.86. The highest BCUT2D eigenvalue weighted by molar-refractivity contribution is 5.94. The zero-order valence-corrected chi connectivity index (χ0v) is 17.1. The van der Waals surface area contributed by atoms with Crippen LogP contribution in [0.4, 0.5) is 0 Å². The Morgan fingerprint density at radius 3 is 2.66 bits per heavy atom. The SMILES string of the molecule is CC1CCN(CCCNC(=O)c2ccc(Cn3nnc4ccccc43)cc2)CC1. The Morgan fingerprint density at radius 1 is 1.10 bits per heavy atom. The van der Waals surface area contributed by atoms with Crippen molar-refractivity contribution in [3.05, 3.63) is 59.7 Å². The molecule has 6 heteroatoms. The number of likely N-dealkylation sites (tertiary alicyclic amines) is 1. The number of carbonyl (C=O) groups excluding carboxylic acids is 1. The first-order valence-corrected chi connectivity index (χ1v) is 10.6. The van der Waals surface area contributed by atoms with Crippen LogP contribution in [-0.2, 0) is 6.54 Å². The Morgan fingerprint density at radius 2 is 1.86 bits per heavy atom. The molecule has 0 saturated carbocycles. The lowest BCUT2D eigenvalue weighted by Gasteiger charge is -2.30. The highest BCUT2D eigenvalue weighted by atomic mass is 16.1. The summed E-state index contributed by atoms with van der Waals surface area (Å²) in [6, 6.07) is 15.7. The van der Waals surface area contributed by atoms with Crippen LogP contribution in [-0.4, -0.2) is 52.0 Å². The van der Waals surface area contributed by atoms with E-state index in [-0.39, 0.29) is 5.91 Å².